The zero-order valence-corrected chi connectivity index (χ0v) is 12.7. The topological polar surface area (TPSA) is 69.9 Å². The minimum Gasteiger partial charge on any atom is -0.497 e. The summed E-state index contributed by atoms with van der Waals surface area (Å²) in [7, 11) is 1.59. The molecule has 2 aromatic carbocycles. The van der Waals surface area contributed by atoms with Crippen molar-refractivity contribution in [2.45, 2.75) is 13.0 Å². The summed E-state index contributed by atoms with van der Waals surface area (Å²) in [5.74, 6) is 1.24. The van der Waals surface area contributed by atoms with Crippen molar-refractivity contribution in [3.05, 3.63) is 71.5 Å². The van der Waals surface area contributed by atoms with E-state index < -0.39 is 0 Å². The summed E-state index contributed by atoms with van der Waals surface area (Å²) in [6, 6.07) is 16.9. The molecule has 0 N–H and O–H groups in total. The minimum atomic E-state index is -0.0308. The van der Waals surface area contributed by atoms with Gasteiger partial charge in [-0.05, 0) is 40.3 Å². The number of hydrogen-bond acceptors (Lipinski definition) is 5. The van der Waals surface area contributed by atoms with Crippen LogP contribution in [-0.2, 0) is 13.0 Å². The minimum absolute atomic E-state index is 0.0308. The lowest BCUT2D eigenvalue weighted by molar-refractivity contribution is 0.0989. The van der Waals surface area contributed by atoms with Gasteiger partial charge in [-0.2, -0.15) is 0 Å². The lowest BCUT2D eigenvalue weighted by Gasteiger charge is -2.05. The number of carbonyl (C=O) groups is 1. The second kappa shape index (κ2) is 6.83. The highest BCUT2D eigenvalue weighted by atomic mass is 16.5. The number of ketones is 1. The molecule has 0 aliphatic heterocycles. The molecule has 1 aromatic heterocycles. The number of hydrogen-bond donors (Lipinski definition) is 0. The fourth-order valence-electron chi connectivity index (χ4n) is 2.25. The van der Waals surface area contributed by atoms with Crippen LogP contribution in [0.2, 0.25) is 0 Å². The van der Waals surface area contributed by atoms with Crippen molar-refractivity contribution in [2.75, 3.05) is 7.11 Å². The van der Waals surface area contributed by atoms with E-state index >= 15 is 0 Å². The second-order valence-corrected chi connectivity index (χ2v) is 5.07. The molecule has 0 atom stereocenters. The highest BCUT2D eigenvalue weighted by Crippen LogP contribution is 2.13. The Bertz CT molecular complexity index is 782. The Hall–Kier alpha value is -3.02. The van der Waals surface area contributed by atoms with Gasteiger partial charge < -0.3 is 4.74 Å². The third-order valence-electron chi connectivity index (χ3n) is 3.51. The average Bonchev–Trinajstić information content (AvgIpc) is 3.02. The van der Waals surface area contributed by atoms with Gasteiger partial charge in [0.15, 0.2) is 11.6 Å². The summed E-state index contributed by atoms with van der Waals surface area (Å²) in [5, 5.41) is 11.6. The fraction of sp³-hybridized carbons (Fsp3) is 0.176. The van der Waals surface area contributed by atoms with Crippen LogP contribution in [-0.4, -0.2) is 33.1 Å². The molecule has 0 bridgehead atoms. The first-order valence-electron chi connectivity index (χ1n) is 7.22. The third-order valence-corrected chi connectivity index (χ3v) is 3.51. The van der Waals surface area contributed by atoms with E-state index in [2.05, 4.69) is 15.5 Å². The van der Waals surface area contributed by atoms with Gasteiger partial charge in [-0.1, -0.05) is 30.3 Å². The maximum Gasteiger partial charge on any atom is 0.170 e. The van der Waals surface area contributed by atoms with Crippen molar-refractivity contribution in [2.24, 2.45) is 0 Å². The number of methoxy groups -OCH3 is 1. The largest absolute Gasteiger partial charge is 0.497 e. The van der Waals surface area contributed by atoms with Crippen molar-refractivity contribution in [1.82, 2.24) is 20.2 Å². The van der Waals surface area contributed by atoms with Gasteiger partial charge in [0, 0.05) is 5.56 Å². The Kier molecular flexibility index (Phi) is 4.42. The van der Waals surface area contributed by atoms with E-state index in [4.69, 9.17) is 4.74 Å². The van der Waals surface area contributed by atoms with Crippen molar-refractivity contribution in [3.63, 3.8) is 0 Å². The maximum absolute atomic E-state index is 12.4. The van der Waals surface area contributed by atoms with Crippen LogP contribution in [0.4, 0.5) is 0 Å². The summed E-state index contributed by atoms with van der Waals surface area (Å²) < 4.78 is 6.74. The van der Waals surface area contributed by atoms with Crippen LogP contribution in [0, 0.1) is 0 Å². The number of tetrazole rings is 1. The second-order valence-electron chi connectivity index (χ2n) is 5.07. The molecule has 0 spiro atoms. The van der Waals surface area contributed by atoms with Gasteiger partial charge in [-0.3, -0.25) is 4.79 Å². The molecule has 0 radical (unpaired) electrons. The first-order chi connectivity index (χ1) is 11.3. The molecule has 0 aliphatic rings. The van der Waals surface area contributed by atoms with E-state index in [-0.39, 0.29) is 12.2 Å². The standard InChI is InChI=1S/C17H16N4O2/c1-23-15-9-7-14(8-10-15)16(22)11-17-18-19-20-21(17)12-13-5-3-2-4-6-13/h2-10H,11-12H2,1H3. The first-order valence-corrected chi connectivity index (χ1v) is 7.22. The summed E-state index contributed by atoms with van der Waals surface area (Å²) >= 11 is 0. The maximum atomic E-state index is 12.4. The molecule has 1 heterocycles. The van der Waals surface area contributed by atoms with E-state index in [0.717, 1.165) is 11.3 Å². The SMILES string of the molecule is COc1ccc(C(=O)Cc2nnnn2Cc2ccccc2)cc1. The molecular formula is C17H16N4O2. The molecule has 23 heavy (non-hydrogen) atoms. The number of rotatable bonds is 6. The predicted molar refractivity (Wildman–Crippen MR) is 84.4 cm³/mol. The lowest BCUT2D eigenvalue weighted by Crippen LogP contribution is -2.12. The Morgan fingerprint density at radius 1 is 1.09 bits per heavy atom. The number of aromatic nitrogens is 4. The van der Waals surface area contributed by atoms with Crippen molar-refractivity contribution in [3.8, 4) is 5.75 Å². The van der Waals surface area contributed by atoms with Gasteiger partial charge in [-0.15, -0.1) is 5.10 Å². The van der Waals surface area contributed by atoms with Crippen LogP contribution in [0.1, 0.15) is 21.7 Å². The molecule has 3 aromatic rings. The molecule has 0 aliphatic carbocycles. The van der Waals surface area contributed by atoms with Crippen LogP contribution in [0.5, 0.6) is 5.75 Å². The molecule has 0 saturated carbocycles. The van der Waals surface area contributed by atoms with Gasteiger partial charge in [0.25, 0.3) is 0 Å². The predicted octanol–water partition coefficient (Wildman–Crippen LogP) is 2.16. The Morgan fingerprint density at radius 2 is 1.83 bits per heavy atom. The fourth-order valence-corrected chi connectivity index (χ4v) is 2.25. The van der Waals surface area contributed by atoms with E-state index in [9.17, 15) is 4.79 Å². The molecule has 0 amide bonds. The van der Waals surface area contributed by atoms with E-state index in [1.54, 1.807) is 36.1 Å². The summed E-state index contributed by atoms with van der Waals surface area (Å²) in [4.78, 5) is 12.4. The Morgan fingerprint density at radius 3 is 2.52 bits per heavy atom. The van der Waals surface area contributed by atoms with Gasteiger partial charge in [0.2, 0.25) is 0 Å². The van der Waals surface area contributed by atoms with Crippen molar-refractivity contribution < 1.29 is 9.53 Å². The molecule has 6 nitrogen and oxygen atoms in total. The van der Waals surface area contributed by atoms with Gasteiger partial charge in [-0.25, -0.2) is 4.68 Å². The van der Waals surface area contributed by atoms with Crippen LogP contribution < -0.4 is 4.74 Å². The first kappa shape index (κ1) is 14.9. The molecular weight excluding hydrogens is 292 g/mol. The summed E-state index contributed by atoms with van der Waals surface area (Å²) in [6.45, 7) is 0.541. The molecule has 0 unspecified atom stereocenters. The van der Waals surface area contributed by atoms with Crippen LogP contribution in [0.25, 0.3) is 0 Å². The van der Waals surface area contributed by atoms with Gasteiger partial charge in [0.05, 0.1) is 20.1 Å². The normalized spacial score (nSPS) is 10.5. The van der Waals surface area contributed by atoms with Gasteiger partial charge >= 0.3 is 0 Å². The van der Waals surface area contributed by atoms with E-state index in [0.29, 0.717) is 17.9 Å². The average molecular weight is 308 g/mol. The van der Waals surface area contributed by atoms with Crippen LogP contribution in [0.3, 0.4) is 0 Å². The molecule has 3 rings (SSSR count). The number of ether oxygens (including phenoxy) is 1. The summed E-state index contributed by atoms with van der Waals surface area (Å²) in [5.41, 5.74) is 1.69. The summed E-state index contributed by atoms with van der Waals surface area (Å²) in [6.07, 6.45) is 0.159. The zero-order valence-electron chi connectivity index (χ0n) is 12.7. The van der Waals surface area contributed by atoms with Gasteiger partial charge in [0.1, 0.15) is 5.75 Å². The molecule has 0 saturated heterocycles. The van der Waals surface area contributed by atoms with Crippen molar-refractivity contribution in [1.29, 1.82) is 0 Å². The highest BCUT2D eigenvalue weighted by Gasteiger charge is 2.13. The van der Waals surface area contributed by atoms with E-state index in [1.807, 2.05) is 30.3 Å². The lowest BCUT2D eigenvalue weighted by atomic mass is 10.1. The Balaban J connectivity index is 1.73. The van der Waals surface area contributed by atoms with Crippen molar-refractivity contribution >= 4 is 5.78 Å². The molecule has 6 heteroatoms. The quantitative estimate of drug-likeness (QED) is 0.653. The zero-order chi connectivity index (χ0) is 16.1. The Labute approximate surface area is 133 Å². The number of Topliss-reactive ketones (excluding diaryl/α,β-unsaturated/α-hetero) is 1. The third kappa shape index (κ3) is 3.60. The highest BCUT2D eigenvalue weighted by molar-refractivity contribution is 5.97. The molecule has 0 fully saturated rings. The number of carbonyl (C=O) groups excluding carboxylic acids is 1. The monoisotopic (exact) mass is 308 g/mol. The van der Waals surface area contributed by atoms with Crippen LogP contribution >= 0.6 is 0 Å². The molecule has 116 valence electrons. The van der Waals surface area contributed by atoms with E-state index in [1.165, 1.54) is 0 Å². The number of nitrogens with zero attached hydrogens (tertiary/aromatic N) is 4. The smallest absolute Gasteiger partial charge is 0.170 e. The van der Waals surface area contributed by atoms with Crippen LogP contribution in [0.15, 0.2) is 54.6 Å². The number of benzene rings is 2.